The number of rotatable bonds is 7. The molecule has 1 amide bonds. The number of likely N-dealkylation sites (tertiary alicyclic amines) is 1. The molecule has 2 aromatic rings. The minimum Gasteiger partial charge on any atom is -0.496 e. The second-order valence-corrected chi connectivity index (χ2v) is 7.47. The highest BCUT2D eigenvalue weighted by Gasteiger charge is 2.29. The van der Waals surface area contributed by atoms with Crippen molar-refractivity contribution in [3.63, 3.8) is 0 Å². The standard InChI is InChI=1S/C23H26ClNO5/c1-3-29-23(27)16-10-12-25(13-11-16)22(26)17-8-9-20(28-2)18(14-17)15-30-21-7-5-4-6-19(21)24/h4-9,14,16H,3,10-13,15H2,1-2H3. The number of hydrogen-bond acceptors (Lipinski definition) is 5. The Kier molecular flexibility index (Phi) is 7.57. The first-order valence-corrected chi connectivity index (χ1v) is 10.4. The van der Waals surface area contributed by atoms with Crippen LogP contribution in [0.2, 0.25) is 5.02 Å². The molecule has 0 aromatic heterocycles. The van der Waals surface area contributed by atoms with Crippen LogP contribution < -0.4 is 9.47 Å². The van der Waals surface area contributed by atoms with Gasteiger partial charge in [-0.25, -0.2) is 0 Å². The van der Waals surface area contributed by atoms with Crippen LogP contribution in [0.1, 0.15) is 35.7 Å². The number of para-hydroxylation sites is 1. The van der Waals surface area contributed by atoms with Gasteiger partial charge in [-0.2, -0.15) is 0 Å². The maximum absolute atomic E-state index is 13.0. The summed E-state index contributed by atoms with van der Waals surface area (Å²) in [6.45, 7) is 3.45. The van der Waals surface area contributed by atoms with Crippen LogP contribution in [0, 0.1) is 5.92 Å². The van der Waals surface area contributed by atoms with E-state index in [0.29, 0.717) is 54.6 Å². The zero-order chi connectivity index (χ0) is 21.5. The maximum Gasteiger partial charge on any atom is 0.309 e. The zero-order valence-electron chi connectivity index (χ0n) is 17.2. The number of carbonyl (C=O) groups is 2. The molecule has 6 nitrogen and oxygen atoms in total. The molecule has 1 aliphatic rings. The van der Waals surface area contributed by atoms with Gasteiger partial charge in [0.05, 0.1) is 24.7 Å². The quantitative estimate of drug-likeness (QED) is 0.610. The summed E-state index contributed by atoms with van der Waals surface area (Å²) in [5.74, 6) is 0.829. The fourth-order valence-electron chi connectivity index (χ4n) is 3.50. The lowest BCUT2D eigenvalue weighted by Gasteiger charge is -2.31. The number of halogens is 1. The Morgan fingerprint density at radius 2 is 1.83 bits per heavy atom. The normalized spacial score (nSPS) is 14.3. The van der Waals surface area contributed by atoms with Crippen LogP contribution in [0.15, 0.2) is 42.5 Å². The summed E-state index contributed by atoms with van der Waals surface area (Å²) in [6.07, 6.45) is 1.23. The fraction of sp³-hybridized carbons (Fsp3) is 0.391. The number of amides is 1. The molecule has 1 aliphatic heterocycles. The summed E-state index contributed by atoms with van der Waals surface area (Å²) in [5.41, 5.74) is 1.31. The number of benzene rings is 2. The summed E-state index contributed by atoms with van der Waals surface area (Å²) in [7, 11) is 1.58. The Hall–Kier alpha value is -2.73. The van der Waals surface area contributed by atoms with Gasteiger partial charge in [0.15, 0.2) is 0 Å². The predicted octanol–water partition coefficient (Wildman–Crippen LogP) is 4.34. The highest BCUT2D eigenvalue weighted by molar-refractivity contribution is 6.32. The van der Waals surface area contributed by atoms with Crippen molar-refractivity contribution in [2.45, 2.75) is 26.4 Å². The van der Waals surface area contributed by atoms with E-state index in [4.69, 9.17) is 25.8 Å². The Morgan fingerprint density at radius 1 is 1.10 bits per heavy atom. The van der Waals surface area contributed by atoms with Gasteiger partial charge in [0.25, 0.3) is 5.91 Å². The van der Waals surface area contributed by atoms with E-state index in [-0.39, 0.29) is 24.4 Å². The molecule has 1 fully saturated rings. The Morgan fingerprint density at radius 3 is 2.50 bits per heavy atom. The van der Waals surface area contributed by atoms with Gasteiger partial charge in [0.1, 0.15) is 18.1 Å². The van der Waals surface area contributed by atoms with E-state index in [9.17, 15) is 9.59 Å². The van der Waals surface area contributed by atoms with E-state index in [1.54, 1.807) is 49.3 Å². The summed E-state index contributed by atoms with van der Waals surface area (Å²) in [4.78, 5) is 26.7. The van der Waals surface area contributed by atoms with Gasteiger partial charge in [-0.1, -0.05) is 23.7 Å². The largest absolute Gasteiger partial charge is 0.496 e. The average molecular weight is 432 g/mol. The SMILES string of the molecule is CCOC(=O)C1CCN(C(=O)c2ccc(OC)c(COc3ccccc3Cl)c2)CC1. The van der Waals surface area contributed by atoms with Gasteiger partial charge in [0, 0.05) is 24.2 Å². The van der Waals surface area contributed by atoms with Crippen molar-refractivity contribution in [1.29, 1.82) is 0 Å². The van der Waals surface area contributed by atoms with E-state index in [2.05, 4.69) is 0 Å². The van der Waals surface area contributed by atoms with Gasteiger partial charge in [-0.3, -0.25) is 9.59 Å². The van der Waals surface area contributed by atoms with Crippen molar-refractivity contribution < 1.29 is 23.8 Å². The van der Waals surface area contributed by atoms with Crippen molar-refractivity contribution >= 4 is 23.5 Å². The van der Waals surface area contributed by atoms with Crippen LogP contribution in [0.5, 0.6) is 11.5 Å². The molecule has 1 saturated heterocycles. The van der Waals surface area contributed by atoms with Crippen molar-refractivity contribution in [2.75, 3.05) is 26.8 Å². The number of esters is 1. The highest BCUT2D eigenvalue weighted by atomic mass is 35.5. The zero-order valence-corrected chi connectivity index (χ0v) is 18.0. The van der Waals surface area contributed by atoms with Gasteiger partial charge in [-0.15, -0.1) is 0 Å². The van der Waals surface area contributed by atoms with Crippen LogP contribution in [0.3, 0.4) is 0 Å². The molecular weight excluding hydrogens is 406 g/mol. The number of carbonyl (C=O) groups excluding carboxylic acids is 2. The van der Waals surface area contributed by atoms with Crippen molar-refractivity contribution in [1.82, 2.24) is 4.90 Å². The molecule has 0 bridgehead atoms. The monoisotopic (exact) mass is 431 g/mol. The molecule has 0 N–H and O–H groups in total. The molecule has 0 aliphatic carbocycles. The average Bonchev–Trinajstić information content (AvgIpc) is 2.78. The molecule has 2 aromatic carbocycles. The second kappa shape index (κ2) is 10.3. The maximum atomic E-state index is 13.0. The summed E-state index contributed by atoms with van der Waals surface area (Å²) in [5, 5.41) is 0.521. The van der Waals surface area contributed by atoms with Crippen LogP contribution in [0.4, 0.5) is 0 Å². The molecule has 1 heterocycles. The molecule has 160 valence electrons. The molecule has 3 rings (SSSR count). The molecule has 0 unspecified atom stereocenters. The molecule has 0 radical (unpaired) electrons. The number of piperidine rings is 1. The van der Waals surface area contributed by atoms with Crippen LogP contribution in [-0.4, -0.2) is 43.6 Å². The molecule has 30 heavy (non-hydrogen) atoms. The van der Waals surface area contributed by atoms with Crippen LogP contribution >= 0.6 is 11.6 Å². The second-order valence-electron chi connectivity index (χ2n) is 7.06. The number of ether oxygens (including phenoxy) is 3. The Labute approximate surface area is 181 Å². The lowest BCUT2D eigenvalue weighted by Crippen LogP contribution is -2.40. The summed E-state index contributed by atoms with van der Waals surface area (Å²) in [6, 6.07) is 12.5. The first-order chi connectivity index (χ1) is 14.5. The third-order valence-electron chi connectivity index (χ3n) is 5.15. The molecule has 0 atom stereocenters. The number of methoxy groups -OCH3 is 1. The number of hydrogen-bond donors (Lipinski definition) is 0. The van der Waals surface area contributed by atoms with E-state index in [1.807, 2.05) is 12.1 Å². The lowest BCUT2D eigenvalue weighted by atomic mass is 9.96. The topological polar surface area (TPSA) is 65.1 Å². The Bertz CT molecular complexity index is 893. The fourth-order valence-corrected chi connectivity index (χ4v) is 3.69. The predicted molar refractivity (Wildman–Crippen MR) is 114 cm³/mol. The lowest BCUT2D eigenvalue weighted by molar-refractivity contribution is -0.149. The summed E-state index contributed by atoms with van der Waals surface area (Å²) < 4.78 is 16.3. The van der Waals surface area contributed by atoms with Gasteiger partial charge < -0.3 is 19.1 Å². The van der Waals surface area contributed by atoms with E-state index in [1.165, 1.54) is 0 Å². The molecule has 0 spiro atoms. The van der Waals surface area contributed by atoms with Crippen molar-refractivity contribution in [3.05, 3.63) is 58.6 Å². The third kappa shape index (κ3) is 5.25. The van der Waals surface area contributed by atoms with Gasteiger partial charge >= 0.3 is 5.97 Å². The molecule has 0 saturated carbocycles. The first-order valence-electron chi connectivity index (χ1n) is 10.0. The molecular formula is C23H26ClNO5. The third-order valence-corrected chi connectivity index (χ3v) is 5.46. The van der Waals surface area contributed by atoms with Crippen LogP contribution in [-0.2, 0) is 16.1 Å². The van der Waals surface area contributed by atoms with Crippen molar-refractivity contribution in [3.8, 4) is 11.5 Å². The van der Waals surface area contributed by atoms with Crippen molar-refractivity contribution in [2.24, 2.45) is 5.92 Å². The van der Waals surface area contributed by atoms with Gasteiger partial charge in [0.2, 0.25) is 0 Å². The van der Waals surface area contributed by atoms with Crippen LogP contribution in [0.25, 0.3) is 0 Å². The van der Waals surface area contributed by atoms with E-state index in [0.717, 1.165) is 5.56 Å². The Balaban J connectivity index is 1.67. The summed E-state index contributed by atoms with van der Waals surface area (Å²) >= 11 is 6.15. The smallest absolute Gasteiger partial charge is 0.309 e. The van der Waals surface area contributed by atoms with Gasteiger partial charge in [-0.05, 0) is 50.1 Å². The minimum absolute atomic E-state index is 0.0704. The molecule has 7 heteroatoms. The van der Waals surface area contributed by atoms with E-state index >= 15 is 0 Å². The highest BCUT2D eigenvalue weighted by Crippen LogP contribution is 2.28. The minimum atomic E-state index is -0.173. The first kappa shape index (κ1) is 22.0. The number of nitrogens with zero attached hydrogens (tertiary/aromatic N) is 1. The van der Waals surface area contributed by atoms with E-state index < -0.39 is 0 Å².